The number of aromatic nitrogens is 1. The van der Waals surface area contributed by atoms with E-state index >= 15 is 0 Å². The number of carbonyl (C=O) groups excluding carboxylic acids is 3. The van der Waals surface area contributed by atoms with E-state index in [0.717, 1.165) is 16.1 Å². The highest BCUT2D eigenvalue weighted by atomic mass is 32.2. The Morgan fingerprint density at radius 2 is 1.58 bits per heavy atom. The molecule has 0 aliphatic carbocycles. The van der Waals surface area contributed by atoms with Crippen molar-refractivity contribution in [1.82, 2.24) is 10.3 Å². The number of aryl methyl sites for hydroxylation is 1. The molecule has 0 aliphatic heterocycles. The van der Waals surface area contributed by atoms with E-state index in [1.807, 2.05) is 49.4 Å². The number of benzene rings is 3. The molecule has 3 aromatic carbocycles. The van der Waals surface area contributed by atoms with Crippen molar-refractivity contribution in [3.63, 3.8) is 0 Å². The van der Waals surface area contributed by atoms with Gasteiger partial charge in [0.2, 0.25) is 5.91 Å². The van der Waals surface area contributed by atoms with Crippen LogP contribution in [0.15, 0.2) is 114 Å². The lowest BCUT2D eigenvalue weighted by Gasteiger charge is -2.12. The number of rotatable bonds is 9. The Hall–Kier alpha value is -4.69. The van der Waals surface area contributed by atoms with Crippen LogP contribution in [0.4, 0.5) is 11.4 Å². The highest BCUT2D eigenvalue weighted by Gasteiger charge is 2.15. The number of hydrogen-bond acceptors (Lipinski definition) is 5. The molecule has 38 heavy (non-hydrogen) atoms. The Kier molecular flexibility index (Phi) is 9.04. The molecule has 1 heterocycles. The summed E-state index contributed by atoms with van der Waals surface area (Å²) >= 11 is 1.40. The van der Waals surface area contributed by atoms with E-state index in [9.17, 15) is 14.4 Å². The highest BCUT2D eigenvalue weighted by molar-refractivity contribution is 8.00. The number of hydrogen-bond donors (Lipinski definition) is 3. The molecule has 0 radical (unpaired) electrons. The molecule has 0 spiro atoms. The van der Waals surface area contributed by atoms with Crippen molar-refractivity contribution in [2.75, 3.05) is 16.4 Å². The maximum absolute atomic E-state index is 13.1. The minimum Gasteiger partial charge on any atom is -0.325 e. The lowest BCUT2D eigenvalue weighted by atomic mass is 10.2. The van der Waals surface area contributed by atoms with Crippen LogP contribution in [0, 0.1) is 6.92 Å². The Balaban J connectivity index is 1.39. The number of nitrogens with zero attached hydrogens (tertiary/aromatic N) is 1. The normalized spacial score (nSPS) is 10.9. The quantitative estimate of drug-likeness (QED) is 0.198. The van der Waals surface area contributed by atoms with E-state index in [1.54, 1.807) is 67.0 Å². The molecule has 0 bridgehead atoms. The van der Waals surface area contributed by atoms with E-state index in [0.29, 0.717) is 16.8 Å². The average Bonchev–Trinajstić information content (AvgIpc) is 2.94. The minimum atomic E-state index is -0.476. The molecule has 7 nitrogen and oxygen atoms in total. The molecule has 0 aliphatic rings. The molecule has 190 valence electrons. The van der Waals surface area contributed by atoms with Gasteiger partial charge in [0.05, 0.1) is 5.75 Å². The number of amides is 3. The molecule has 0 atom stereocenters. The van der Waals surface area contributed by atoms with Crippen molar-refractivity contribution in [3.8, 4) is 0 Å². The Labute approximate surface area is 225 Å². The second-order valence-corrected chi connectivity index (χ2v) is 9.34. The standard InChI is InChI=1S/C30H26N4O3S/c1-21-8-5-6-12-26(21)33-28(35)20-38-25-15-13-24(14-16-25)32-30(37)27(18-22-9-7-17-31-19-22)34-29(36)23-10-3-2-4-11-23/h2-19H,20H2,1H3,(H,32,37)(H,33,35)(H,34,36)/b27-18-. The highest BCUT2D eigenvalue weighted by Crippen LogP contribution is 2.22. The zero-order valence-electron chi connectivity index (χ0n) is 20.7. The van der Waals surface area contributed by atoms with Gasteiger partial charge in [0, 0.05) is 34.2 Å². The molecule has 3 amide bonds. The summed E-state index contributed by atoms with van der Waals surface area (Å²) < 4.78 is 0. The summed E-state index contributed by atoms with van der Waals surface area (Å²) in [5, 5.41) is 8.44. The van der Waals surface area contributed by atoms with Crippen molar-refractivity contribution in [2.45, 2.75) is 11.8 Å². The van der Waals surface area contributed by atoms with E-state index in [2.05, 4.69) is 20.9 Å². The number of carbonyl (C=O) groups is 3. The SMILES string of the molecule is Cc1ccccc1NC(=O)CSc1ccc(NC(=O)/C(=C/c2cccnc2)NC(=O)c2ccccc2)cc1. The first-order chi connectivity index (χ1) is 18.5. The van der Waals surface area contributed by atoms with Crippen LogP contribution in [0.1, 0.15) is 21.5 Å². The Morgan fingerprint density at radius 3 is 2.29 bits per heavy atom. The van der Waals surface area contributed by atoms with Gasteiger partial charge in [0.15, 0.2) is 0 Å². The van der Waals surface area contributed by atoms with Crippen LogP contribution in [-0.2, 0) is 9.59 Å². The fraction of sp³-hybridized carbons (Fsp3) is 0.0667. The largest absolute Gasteiger partial charge is 0.325 e. The van der Waals surface area contributed by atoms with Crippen LogP contribution >= 0.6 is 11.8 Å². The lowest BCUT2D eigenvalue weighted by Crippen LogP contribution is -2.30. The van der Waals surface area contributed by atoms with Crippen molar-refractivity contribution in [2.24, 2.45) is 0 Å². The second-order valence-electron chi connectivity index (χ2n) is 8.29. The van der Waals surface area contributed by atoms with Crippen molar-refractivity contribution >= 4 is 46.9 Å². The van der Waals surface area contributed by atoms with Crippen molar-refractivity contribution in [1.29, 1.82) is 0 Å². The van der Waals surface area contributed by atoms with Crippen molar-refractivity contribution < 1.29 is 14.4 Å². The average molecular weight is 523 g/mol. The molecule has 3 N–H and O–H groups in total. The first-order valence-corrected chi connectivity index (χ1v) is 12.8. The molecule has 0 unspecified atom stereocenters. The third-order valence-electron chi connectivity index (χ3n) is 5.43. The molecule has 1 aromatic heterocycles. The first kappa shape index (κ1) is 26.4. The fourth-order valence-corrected chi connectivity index (χ4v) is 4.15. The predicted octanol–water partition coefficient (Wildman–Crippen LogP) is 5.53. The van der Waals surface area contributed by atoms with Crippen LogP contribution in [0.25, 0.3) is 6.08 Å². The molecular weight excluding hydrogens is 496 g/mol. The first-order valence-electron chi connectivity index (χ1n) is 11.9. The van der Waals surface area contributed by atoms with Gasteiger partial charge in [0.25, 0.3) is 11.8 Å². The summed E-state index contributed by atoms with van der Waals surface area (Å²) in [6.07, 6.45) is 4.80. The smallest absolute Gasteiger partial charge is 0.272 e. The van der Waals surface area contributed by atoms with Gasteiger partial charge in [-0.05, 0) is 72.7 Å². The molecule has 4 aromatic rings. The molecule has 8 heteroatoms. The summed E-state index contributed by atoms with van der Waals surface area (Å²) in [7, 11) is 0. The number of nitrogens with one attached hydrogen (secondary N) is 3. The summed E-state index contributed by atoms with van der Waals surface area (Å²) in [5.41, 5.74) is 3.54. The van der Waals surface area contributed by atoms with Crippen LogP contribution in [0.3, 0.4) is 0 Å². The predicted molar refractivity (Wildman–Crippen MR) is 152 cm³/mol. The topological polar surface area (TPSA) is 100 Å². The Morgan fingerprint density at radius 1 is 0.842 bits per heavy atom. The van der Waals surface area contributed by atoms with Crippen LogP contribution in [0.5, 0.6) is 0 Å². The summed E-state index contributed by atoms with van der Waals surface area (Å²) in [6, 6.07) is 27.0. The van der Waals surface area contributed by atoms with Gasteiger partial charge < -0.3 is 16.0 Å². The molecule has 0 saturated heterocycles. The monoisotopic (exact) mass is 522 g/mol. The lowest BCUT2D eigenvalue weighted by molar-refractivity contribution is -0.114. The zero-order valence-corrected chi connectivity index (χ0v) is 21.5. The molecular formula is C30H26N4O3S. The maximum Gasteiger partial charge on any atom is 0.272 e. The van der Waals surface area contributed by atoms with Gasteiger partial charge >= 0.3 is 0 Å². The van der Waals surface area contributed by atoms with Gasteiger partial charge in [-0.2, -0.15) is 0 Å². The second kappa shape index (κ2) is 13.0. The van der Waals surface area contributed by atoms with E-state index in [-0.39, 0.29) is 17.4 Å². The van der Waals surface area contributed by atoms with Crippen molar-refractivity contribution in [3.05, 3.63) is 126 Å². The van der Waals surface area contributed by atoms with E-state index < -0.39 is 11.8 Å². The van der Waals surface area contributed by atoms with Gasteiger partial charge in [0.1, 0.15) is 5.70 Å². The van der Waals surface area contributed by atoms with E-state index in [1.165, 1.54) is 11.8 Å². The van der Waals surface area contributed by atoms with Crippen LogP contribution in [-0.4, -0.2) is 28.5 Å². The van der Waals surface area contributed by atoms with E-state index in [4.69, 9.17) is 0 Å². The third-order valence-corrected chi connectivity index (χ3v) is 6.44. The minimum absolute atomic E-state index is 0.0816. The number of thioether (sulfide) groups is 1. The summed E-state index contributed by atoms with van der Waals surface area (Å²) in [4.78, 5) is 43.1. The van der Waals surface area contributed by atoms with Gasteiger partial charge in [-0.15, -0.1) is 11.8 Å². The van der Waals surface area contributed by atoms with Gasteiger partial charge in [-0.1, -0.05) is 42.5 Å². The van der Waals surface area contributed by atoms with Crippen LogP contribution < -0.4 is 16.0 Å². The van der Waals surface area contributed by atoms with Gasteiger partial charge in [-0.25, -0.2) is 0 Å². The number of pyridine rings is 1. The fourth-order valence-electron chi connectivity index (χ4n) is 3.45. The number of anilines is 2. The third kappa shape index (κ3) is 7.65. The summed E-state index contributed by atoms with van der Waals surface area (Å²) in [6.45, 7) is 1.94. The molecule has 0 fully saturated rings. The van der Waals surface area contributed by atoms with Crippen LogP contribution in [0.2, 0.25) is 0 Å². The maximum atomic E-state index is 13.1. The Bertz CT molecular complexity index is 1440. The number of para-hydroxylation sites is 1. The zero-order chi connectivity index (χ0) is 26.7. The molecule has 4 rings (SSSR count). The molecule has 0 saturated carbocycles. The summed E-state index contributed by atoms with van der Waals surface area (Å²) in [5.74, 6) is -0.715. The van der Waals surface area contributed by atoms with Gasteiger partial charge in [-0.3, -0.25) is 19.4 Å².